The van der Waals surface area contributed by atoms with Crippen LogP contribution in [0.4, 0.5) is 14.5 Å². The van der Waals surface area contributed by atoms with E-state index < -0.39 is 23.4 Å². The van der Waals surface area contributed by atoms with Crippen LogP contribution >= 0.6 is 0 Å². The molecule has 0 radical (unpaired) electrons. The van der Waals surface area contributed by atoms with Crippen LogP contribution in [-0.4, -0.2) is 30.3 Å². The number of benzene rings is 2. The largest absolute Gasteiger partial charge is 0.332 e. The van der Waals surface area contributed by atoms with Crippen molar-refractivity contribution in [2.75, 3.05) is 18.9 Å². The molecule has 0 heterocycles. The number of nitrogens with zero attached hydrogens (tertiary/aromatic N) is 1. The van der Waals surface area contributed by atoms with Gasteiger partial charge in [0.05, 0.1) is 6.54 Å². The summed E-state index contributed by atoms with van der Waals surface area (Å²) >= 11 is 0. The van der Waals surface area contributed by atoms with Crippen LogP contribution in [0.15, 0.2) is 48.5 Å². The molecule has 0 aromatic heterocycles. The SMILES string of the molecule is CN(CC(=O)Nc1ccccc1)C(=O)c1cc(F)cc(F)c1. The van der Waals surface area contributed by atoms with Crippen LogP contribution < -0.4 is 5.32 Å². The lowest BCUT2D eigenvalue weighted by atomic mass is 10.2. The molecule has 0 atom stereocenters. The van der Waals surface area contributed by atoms with Crippen molar-refractivity contribution in [3.63, 3.8) is 0 Å². The van der Waals surface area contributed by atoms with E-state index in [1.54, 1.807) is 24.3 Å². The second-order valence-corrected chi connectivity index (χ2v) is 4.73. The van der Waals surface area contributed by atoms with E-state index in [0.29, 0.717) is 11.8 Å². The number of para-hydroxylation sites is 1. The first-order valence-electron chi connectivity index (χ1n) is 6.52. The molecule has 22 heavy (non-hydrogen) atoms. The highest BCUT2D eigenvalue weighted by Gasteiger charge is 2.16. The summed E-state index contributed by atoms with van der Waals surface area (Å²) in [5, 5.41) is 2.62. The van der Waals surface area contributed by atoms with Crippen molar-refractivity contribution < 1.29 is 18.4 Å². The standard InChI is InChI=1S/C16H14F2N2O2/c1-20(10-15(21)19-14-5-3-2-4-6-14)16(22)11-7-12(17)9-13(18)8-11/h2-9H,10H2,1H3,(H,19,21). The van der Waals surface area contributed by atoms with Crippen LogP contribution in [0.5, 0.6) is 0 Å². The summed E-state index contributed by atoms with van der Waals surface area (Å²) in [5.74, 6) is -2.73. The van der Waals surface area contributed by atoms with E-state index in [2.05, 4.69) is 5.32 Å². The summed E-state index contributed by atoms with van der Waals surface area (Å²) in [6.45, 7) is -0.230. The average Bonchev–Trinajstić information content (AvgIpc) is 2.46. The van der Waals surface area contributed by atoms with Crippen molar-refractivity contribution in [1.82, 2.24) is 4.90 Å². The fourth-order valence-electron chi connectivity index (χ4n) is 1.91. The normalized spacial score (nSPS) is 10.1. The van der Waals surface area contributed by atoms with E-state index in [1.165, 1.54) is 7.05 Å². The van der Waals surface area contributed by atoms with Crippen LogP contribution in [0, 0.1) is 11.6 Å². The third-order valence-electron chi connectivity index (χ3n) is 2.89. The highest BCUT2D eigenvalue weighted by Crippen LogP contribution is 2.10. The third kappa shape index (κ3) is 4.12. The zero-order chi connectivity index (χ0) is 16.1. The molecular weight excluding hydrogens is 290 g/mol. The summed E-state index contributed by atoms with van der Waals surface area (Å²) < 4.78 is 26.2. The fourth-order valence-corrected chi connectivity index (χ4v) is 1.91. The summed E-state index contributed by atoms with van der Waals surface area (Å²) in [7, 11) is 1.38. The molecule has 0 saturated heterocycles. The van der Waals surface area contributed by atoms with E-state index >= 15 is 0 Å². The molecule has 2 amide bonds. The number of anilines is 1. The minimum atomic E-state index is -0.842. The third-order valence-corrected chi connectivity index (χ3v) is 2.89. The second kappa shape index (κ2) is 6.80. The van der Waals surface area contributed by atoms with Crippen molar-refractivity contribution in [3.05, 3.63) is 65.7 Å². The van der Waals surface area contributed by atoms with E-state index in [4.69, 9.17) is 0 Å². The molecule has 0 spiro atoms. The van der Waals surface area contributed by atoms with E-state index in [0.717, 1.165) is 17.0 Å². The quantitative estimate of drug-likeness (QED) is 0.944. The molecule has 114 valence electrons. The Morgan fingerprint density at radius 2 is 1.64 bits per heavy atom. The predicted octanol–water partition coefficient (Wildman–Crippen LogP) is 2.68. The molecule has 0 aliphatic heterocycles. The highest BCUT2D eigenvalue weighted by molar-refractivity contribution is 5.99. The summed E-state index contributed by atoms with van der Waals surface area (Å²) in [6, 6.07) is 11.3. The topological polar surface area (TPSA) is 49.4 Å². The summed E-state index contributed by atoms with van der Waals surface area (Å²) in [6.07, 6.45) is 0. The predicted molar refractivity (Wildman–Crippen MR) is 78.4 cm³/mol. The lowest BCUT2D eigenvalue weighted by Gasteiger charge is -2.17. The Labute approximate surface area is 126 Å². The van der Waals surface area contributed by atoms with Gasteiger partial charge < -0.3 is 10.2 Å². The number of amides is 2. The number of nitrogens with one attached hydrogen (secondary N) is 1. The van der Waals surface area contributed by atoms with Gasteiger partial charge in [-0.1, -0.05) is 18.2 Å². The number of halogens is 2. The van der Waals surface area contributed by atoms with Gasteiger partial charge in [0, 0.05) is 24.4 Å². The molecule has 0 fully saturated rings. The van der Waals surface area contributed by atoms with Crippen molar-refractivity contribution in [1.29, 1.82) is 0 Å². The monoisotopic (exact) mass is 304 g/mol. The number of carbonyl (C=O) groups is 2. The number of likely N-dealkylation sites (N-methyl/N-ethyl adjacent to an activating group) is 1. The van der Waals surface area contributed by atoms with Crippen LogP contribution in [0.1, 0.15) is 10.4 Å². The van der Waals surface area contributed by atoms with E-state index in [1.807, 2.05) is 6.07 Å². The van der Waals surface area contributed by atoms with Gasteiger partial charge >= 0.3 is 0 Å². The minimum absolute atomic E-state index is 0.146. The average molecular weight is 304 g/mol. The van der Waals surface area contributed by atoms with Crippen LogP contribution in [-0.2, 0) is 4.79 Å². The summed E-state index contributed by atoms with van der Waals surface area (Å²) in [5.41, 5.74) is 0.456. The van der Waals surface area contributed by atoms with Crippen LogP contribution in [0.25, 0.3) is 0 Å². The molecule has 2 aromatic carbocycles. The second-order valence-electron chi connectivity index (χ2n) is 4.73. The zero-order valence-corrected chi connectivity index (χ0v) is 11.8. The Bertz CT molecular complexity index is 670. The van der Waals surface area contributed by atoms with Gasteiger partial charge in [0.25, 0.3) is 5.91 Å². The van der Waals surface area contributed by atoms with E-state index in [-0.39, 0.29) is 12.1 Å². The van der Waals surface area contributed by atoms with Crippen LogP contribution in [0.3, 0.4) is 0 Å². The van der Waals surface area contributed by atoms with E-state index in [9.17, 15) is 18.4 Å². The molecule has 2 rings (SSSR count). The first-order chi connectivity index (χ1) is 10.5. The molecule has 1 N–H and O–H groups in total. The maximum atomic E-state index is 13.1. The van der Waals surface area contributed by atoms with Crippen LogP contribution in [0.2, 0.25) is 0 Å². The molecule has 0 saturated carbocycles. The Morgan fingerprint density at radius 1 is 1.05 bits per heavy atom. The van der Waals surface area contributed by atoms with Crippen molar-refractivity contribution >= 4 is 17.5 Å². The van der Waals surface area contributed by atoms with Gasteiger partial charge in [-0.25, -0.2) is 8.78 Å². The number of carbonyl (C=O) groups excluding carboxylic acids is 2. The minimum Gasteiger partial charge on any atom is -0.332 e. The van der Waals surface area contributed by atoms with Crippen molar-refractivity contribution in [2.45, 2.75) is 0 Å². The lowest BCUT2D eigenvalue weighted by Crippen LogP contribution is -2.35. The van der Waals surface area contributed by atoms with Crippen molar-refractivity contribution in [3.8, 4) is 0 Å². The van der Waals surface area contributed by atoms with Gasteiger partial charge in [0.15, 0.2) is 0 Å². The van der Waals surface area contributed by atoms with Gasteiger partial charge in [-0.2, -0.15) is 0 Å². The van der Waals surface area contributed by atoms with Gasteiger partial charge in [-0.05, 0) is 24.3 Å². The van der Waals surface area contributed by atoms with Gasteiger partial charge in [-0.15, -0.1) is 0 Å². The smallest absolute Gasteiger partial charge is 0.254 e. The first kappa shape index (κ1) is 15.6. The molecular formula is C16H14F2N2O2. The summed E-state index contributed by atoms with van der Waals surface area (Å²) in [4.78, 5) is 25.0. The van der Waals surface area contributed by atoms with Crippen molar-refractivity contribution in [2.24, 2.45) is 0 Å². The molecule has 0 bridgehead atoms. The zero-order valence-electron chi connectivity index (χ0n) is 11.8. The lowest BCUT2D eigenvalue weighted by molar-refractivity contribution is -0.116. The molecule has 6 heteroatoms. The number of rotatable bonds is 4. The molecule has 0 aliphatic carbocycles. The maximum absolute atomic E-state index is 13.1. The highest BCUT2D eigenvalue weighted by atomic mass is 19.1. The maximum Gasteiger partial charge on any atom is 0.254 e. The Balaban J connectivity index is 2.00. The fraction of sp³-hybridized carbons (Fsp3) is 0.125. The molecule has 0 unspecified atom stereocenters. The molecule has 4 nitrogen and oxygen atoms in total. The number of hydrogen-bond acceptors (Lipinski definition) is 2. The Morgan fingerprint density at radius 3 is 2.23 bits per heavy atom. The Kier molecular flexibility index (Phi) is 4.83. The first-order valence-corrected chi connectivity index (χ1v) is 6.52. The van der Waals surface area contributed by atoms with Gasteiger partial charge in [-0.3, -0.25) is 9.59 Å². The number of hydrogen-bond donors (Lipinski definition) is 1. The van der Waals surface area contributed by atoms with Gasteiger partial charge in [0.2, 0.25) is 5.91 Å². The molecule has 2 aromatic rings. The molecule has 0 aliphatic rings. The van der Waals surface area contributed by atoms with Gasteiger partial charge in [0.1, 0.15) is 11.6 Å². The Hall–Kier alpha value is -2.76.